The van der Waals surface area contributed by atoms with Crippen LogP contribution in [0.2, 0.25) is 5.02 Å². The minimum Gasteiger partial charge on any atom is -0.490 e. The first-order chi connectivity index (χ1) is 11.5. The second-order valence-corrected chi connectivity index (χ2v) is 6.20. The fourth-order valence-corrected chi connectivity index (χ4v) is 2.93. The van der Waals surface area contributed by atoms with Crippen molar-refractivity contribution in [3.05, 3.63) is 58.9 Å². The molecule has 1 saturated heterocycles. The molecule has 0 atom stereocenters. The molecule has 0 aromatic heterocycles. The molecule has 6 heteroatoms. The van der Waals surface area contributed by atoms with Gasteiger partial charge in [-0.05, 0) is 36.4 Å². The van der Waals surface area contributed by atoms with E-state index in [1.807, 2.05) is 12.1 Å². The van der Waals surface area contributed by atoms with Crippen LogP contribution < -0.4 is 10.5 Å². The molecule has 1 heterocycles. The molecule has 126 valence electrons. The number of nitrogens with zero attached hydrogens (tertiary/aromatic N) is 1. The van der Waals surface area contributed by atoms with E-state index in [1.165, 1.54) is 18.2 Å². The molecular formula is C18H18ClFN2O2. The van der Waals surface area contributed by atoms with E-state index >= 15 is 0 Å². The maximum Gasteiger partial charge on any atom is 0.258 e. The highest BCUT2D eigenvalue weighted by Crippen LogP contribution is 2.24. The second-order valence-electron chi connectivity index (χ2n) is 5.77. The van der Waals surface area contributed by atoms with Crippen LogP contribution in [-0.4, -0.2) is 30.0 Å². The van der Waals surface area contributed by atoms with Gasteiger partial charge >= 0.3 is 0 Å². The smallest absolute Gasteiger partial charge is 0.258 e. The van der Waals surface area contributed by atoms with Crippen molar-refractivity contribution in [3.8, 4) is 5.75 Å². The Morgan fingerprint density at radius 3 is 2.46 bits per heavy atom. The van der Waals surface area contributed by atoms with Crippen LogP contribution in [0.4, 0.5) is 10.1 Å². The molecule has 3 rings (SSSR count). The summed E-state index contributed by atoms with van der Waals surface area (Å²) < 4.78 is 19.8. The normalized spacial score (nSPS) is 15.3. The van der Waals surface area contributed by atoms with Gasteiger partial charge in [-0.1, -0.05) is 17.7 Å². The van der Waals surface area contributed by atoms with Crippen molar-refractivity contribution in [1.29, 1.82) is 0 Å². The zero-order valence-electron chi connectivity index (χ0n) is 13.0. The number of rotatable bonds is 3. The monoisotopic (exact) mass is 348 g/mol. The van der Waals surface area contributed by atoms with Crippen LogP contribution in [-0.2, 0) is 0 Å². The van der Waals surface area contributed by atoms with Crippen LogP contribution in [0.1, 0.15) is 23.2 Å². The Morgan fingerprint density at radius 1 is 1.17 bits per heavy atom. The lowest BCUT2D eigenvalue weighted by atomic mass is 10.1. The number of carbonyl (C=O) groups is 1. The fraction of sp³-hybridized carbons (Fsp3) is 0.278. The van der Waals surface area contributed by atoms with E-state index in [0.29, 0.717) is 31.0 Å². The van der Waals surface area contributed by atoms with Crippen LogP contribution >= 0.6 is 11.6 Å². The zero-order valence-corrected chi connectivity index (χ0v) is 13.8. The van der Waals surface area contributed by atoms with E-state index in [1.54, 1.807) is 17.0 Å². The first-order valence-electron chi connectivity index (χ1n) is 7.80. The predicted octanol–water partition coefficient (Wildman–Crippen LogP) is 3.74. The summed E-state index contributed by atoms with van der Waals surface area (Å²) in [6.45, 7) is 1.01. The van der Waals surface area contributed by atoms with E-state index in [2.05, 4.69) is 0 Å². The molecule has 0 spiro atoms. The van der Waals surface area contributed by atoms with Crippen LogP contribution in [0.15, 0.2) is 42.5 Å². The number of nitrogen functional groups attached to an aromatic ring is 1. The third kappa shape index (κ3) is 3.62. The van der Waals surface area contributed by atoms with Crippen molar-refractivity contribution in [2.24, 2.45) is 0 Å². The number of nitrogens with two attached hydrogens (primary N) is 1. The summed E-state index contributed by atoms with van der Waals surface area (Å²) in [5, 5.41) is 0.658. The second kappa shape index (κ2) is 7.09. The van der Waals surface area contributed by atoms with Gasteiger partial charge in [0.2, 0.25) is 0 Å². The van der Waals surface area contributed by atoms with E-state index in [-0.39, 0.29) is 23.3 Å². The molecule has 2 N–H and O–H groups in total. The number of anilines is 1. The Bertz CT molecular complexity index is 708. The molecule has 4 nitrogen and oxygen atoms in total. The molecule has 2 aromatic rings. The van der Waals surface area contributed by atoms with Gasteiger partial charge in [-0.3, -0.25) is 4.79 Å². The molecule has 0 radical (unpaired) electrons. The number of ether oxygens (including phenoxy) is 1. The summed E-state index contributed by atoms with van der Waals surface area (Å²) in [4.78, 5) is 14.1. The quantitative estimate of drug-likeness (QED) is 0.859. The minimum absolute atomic E-state index is 0.0215. The van der Waals surface area contributed by atoms with E-state index in [4.69, 9.17) is 22.1 Å². The first-order valence-corrected chi connectivity index (χ1v) is 8.18. The van der Waals surface area contributed by atoms with Crippen LogP contribution in [0.25, 0.3) is 0 Å². The van der Waals surface area contributed by atoms with Crippen molar-refractivity contribution in [2.45, 2.75) is 18.9 Å². The van der Waals surface area contributed by atoms with Gasteiger partial charge in [0.25, 0.3) is 5.91 Å². The number of hydrogen-bond acceptors (Lipinski definition) is 3. The molecule has 1 fully saturated rings. The van der Waals surface area contributed by atoms with Gasteiger partial charge in [0.05, 0.1) is 5.56 Å². The number of benzene rings is 2. The maximum absolute atomic E-state index is 13.9. The van der Waals surface area contributed by atoms with E-state index in [0.717, 1.165) is 5.75 Å². The van der Waals surface area contributed by atoms with Gasteiger partial charge in [-0.25, -0.2) is 4.39 Å². The van der Waals surface area contributed by atoms with Crippen LogP contribution in [0.5, 0.6) is 5.75 Å². The van der Waals surface area contributed by atoms with Crippen molar-refractivity contribution < 1.29 is 13.9 Å². The maximum atomic E-state index is 13.9. The molecule has 1 aliphatic heterocycles. The topological polar surface area (TPSA) is 55.6 Å². The molecule has 0 saturated carbocycles. The Kier molecular flexibility index (Phi) is 4.90. The van der Waals surface area contributed by atoms with Crippen molar-refractivity contribution in [3.63, 3.8) is 0 Å². The highest BCUT2D eigenvalue weighted by atomic mass is 35.5. The molecule has 1 amide bonds. The molecule has 24 heavy (non-hydrogen) atoms. The predicted molar refractivity (Wildman–Crippen MR) is 91.8 cm³/mol. The largest absolute Gasteiger partial charge is 0.490 e. The molecule has 0 bridgehead atoms. The number of piperidine rings is 1. The summed E-state index contributed by atoms with van der Waals surface area (Å²) in [6.07, 6.45) is 1.39. The standard InChI is InChI=1S/C18H18ClFN2O2/c19-12-4-6-13(7-5-12)24-14-8-10-22(11-9-14)18(23)17-15(20)2-1-3-16(17)21/h1-7,14H,8-11,21H2. The summed E-state index contributed by atoms with van der Waals surface area (Å²) in [6, 6.07) is 11.5. The fourth-order valence-electron chi connectivity index (χ4n) is 2.81. The van der Waals surface area contributed by atoms with Gasteiger partial charge < -0.3 is 15.4 Å². The van der Waals surface area contributed by atoms with Crippen LogP contribution in [0.3, 0.4) is 0 Å². The molecule has 1 aliphatic rings. The average molecular weight is 349 g/mol. The number of amides is 1. The molecular weight excluding hydrogens is 331 g/mol. The Balaban J connectivity index is 1.60. The molecule has 0 aliphatic carbocycles. The highest BCUT2D eigenvalue weighted by molar-refractivity contribution is 6.30. The summed E-state index contributed by atoms with van der Waals surface area (Å²) in [5.41, 5.74) is 5.87. The number of halogens is 2. The van der Waals surface area contributed by atoms with Crippen molar-refractivity contribution in [2.75, 3.05) is 18.8 Å². The SMILES string of the molecule is Nc1cccc(F)c1C(=O)N1CCC(Oc2ccc(Cl)cc2)CC1. The number of likely N-dealkylation sites (tertiary alicyclic amines) is 1. The third-order valence-electron chi connectivity index (χ3n) is 4.11. The van der Waals surface area contributed by atoms with Crippen molar-refractivity contribution in [1.82, 2.24) is 4.90 Å². The zero-order chi connectivity index (χ0) is 17.1. The lowest BCUT2D eigenvalue weighted by Crippen LogP contribution is -2.42. The highest BCUT2D eigenvalue weighted by Gasteiger charge is 2.27. The lowest BCUT2D eigenvalue weighted by molar-refractivity contribution is 0.0592. The minimum atomic E-state index is -0.584. The summed E-state index contributed by atoms with van der Waals surface area (Å²) in [7, 11) is 0. The average Bonchev–Trinajstić information content (AvgIpc) is 2.57. The Hall–Kier alpha value is -2.27. The van der Waals surface area contributed by atoms with Crippen LogP contribution in [0, 0.1) is 5.82 Å². The molecule has 2 aromatic carbocycles. The van der Waals surface area contributed by atoms with Gasteiger partial charge in [0.1, 0.15) is 17.7 Å². The van der Waals surface area contributed by atoms with Gasteiger partial charge in [-0.15, -0.1) is 0 Å². The van der Waals surface area contributed by atoms with Gasteiger partial charge in [-0.2, -0.15) is 0 Å². The number of hydrogen-bond donors (Lipinski definition) is 1. The lowest BCUT2D eigenvalue weighted by Gasteiger charge is -2.32. The Morgan fingerprint density at radius 2 is 1.83 bits per heavy atom. The van der Waals surface area contributed by atoms with Gasteiger partial charge in [0.15, 0.2) is 0 Å². The summed E-state index contributed by atoms with van der Waals surface area (Å²) in [5.74, 6) is -0.197. The summed E-state index contributed by atoms with van der Waals surface area (Å²) >= 11 is 5.85. The first kappa shape index (κ1) is 16.6. The third-order valence-corrected chi connectivity index (χ3v) is 4.36. The van der Waals surface area contributed by atoms with Gasteiger partial charge in [0, 0.05) is 36.6 Å². The van der Waals surface area contributed by atoms with E-state index < -0.39 is 5.82 Å². The van der Waals surface area contributed by atoms with Crippen molar-refractivity contribution >= 4 is 23.2 Å². The van der Waals surface area contributed by atoms with E-state index in [9.17, 15) is 9.18 Å². The Labute approximate surface area is 145 Å². The molecule has 0 unspecified atom stereocenters. The number of carbonyl (C=O) groups excluding carboxylic acids is 1.